The molecule has 61 heavy (non-hydrogen) atoms. The van der Waals surface area contributed by atoms with Crippen molar-refractivity contribution in [1.29, 1.82) is 0 Å². The quantitative estimate of drug-likeness (QED) is 0.146. The Morgan fingerprint density at radius 2 is 0.738 bits per heavy atom. The van der Waals surface area contributed by atoms with Crippen LogP contribution in [0.5, 0.6) is 11.5 Å². The van der Waals surface area contributed by atoms with Gasteiger partial charge in [-0.3, -0.25) is 0 Å². The SMILES string of the molecule is CC(C)(C)C(=O)[O-].CC(C)(C)C(=O)[O-].CC1(C)c2cccc(P(c3ccccc3)c3ccccc3)c2Oc2c(P(c3ccccc3)c3ccccc3)cccc21.NCCN.[Ru+2]. The Labute approximate surface area is 378 Å². The summed E-state index contributed by atoms with van der Waals surface area (Å²) in [4.78, 5) is 19.8. The number of carbonyl (C=O) groups excluding carboxylic acids is 2. The molecule has 0 aliphatic carbocycles. The van der Waals surface area contributed by atoms with Crippen molar-refractivity contribution in [3.05, 3.63) is 169 Å². The second-order valence-electron chi connectivity index (χ2n) is 16.7. The summed E-state index contributed by atoms with van der Waals surface area (Å²) in [6.45, 7) is 15.5. The monoisotopic (exact) mass is 942 g/mol. The molecule has 6 aromatic rings. The van der Waals surface area contributed by atoms with E-state index < -0.39 is 38.6 Å². The van der Waals surface area contributed by atoms with Crippen LogP contribution in [0.1, 0.15) is 66.5 Å². The van der Waals surface area contributed by atoms with Gasteiger partial charge in [0.15, 0.2) is 0 Å². The maximum absolute atomic E-state index is 9.91. The van der Waals surface area contributed by atoms with Gasteiger partial charge in [-0.05, 0) is 37.1 Å². The number of hydrogen-bond donors (Lipinski definition) is 2. The Morgan fingerprint density at radius 3 is 0.951 bits per heavy atom. The zero-order chi connectivity index (χ0) is 44.1. The van der Waals surface area contributed by atoms with Gasteiger partial charge in [-0.25, -0.2) is 0 Å². The van der Waals surface area contributed by atoms with Crippen molar-refractivity contribution in [2.24, 2.45) is 22.3 Å². The molecule has 0 bridgehead atoms. The van der Waals surface area contributed by atoms with Gasteiger partial charge < -0.3 is 36.0 Å². The van der Waals surface area contributed by atoms with Gasteiger partial charge in [-0.15, -0.1) is 0 Å². The molecule has 0 atom stereocenters. The van der Waals surface area contributed by atoms with Crippen LogP contribution in [-0.2, 0) is 34.5 Å². The third-order valence-corrected chi connectivity index (χ3v) is 14.4. The summed E-state index contributed by atoms with van der Waals surface area (Å²) in [7, 11) is -1.65. The van der Waals surface area contributed by atoms with Gasteiger partial charge in [-0.1, -0.05) is 213 Å². The molecule has 0 saturated heterocycles. The molecule has 0 radical (unpaired) electrons. The van der Waals surface area contributed by atoms with Crippen molar-refractivity contribution in [3.8, 4) is 11.5 Å². The van der Waals surface area contributed by atoms with E-state index in [2.05, 4.69) is 172 Å². The van der Waals surface area contributed by atoms with Crippen LogP contribution in [-0.4, -0.2) is 25.0 Å². The van der Waals surface area contributed by atoms with Crippen molar-refractivity contribution >= 4 is 59.6 Å². The summed E-state index contributed by atoms with van der Waals surface area (Å²) in [5.74, 6) is 0.00896. The van der Waals surface area contributed by atoms with E-state index in [1.165, 1.54) is 43.0 Å². The van der Waals surface area contributed by atoms with E-state index in [1.807, 2.05) is 0 Å². The number of para-hydroxylation sites is 2. The average Bonchev–Trinajstić information content (AvgIpc) is 3.23. The maximum atomic E-state index is 9.91. The van der Waals surface area contributed by atoms with Crippen LogP contribution in [0.25, 0.3) is 0 Å². The predicted molar refractivity (Wildman–Crippen MR) is 250 cm³/mol. The first-order valence-corrected chi connectivity index (χ1v) is 22.7. The fourth-order valence-corrected chi connectivity index (χ4v) is 10.8. The van der Waals surface area contributed by atoms with E-state index in [1.54, 1.807) is 41.5 Å². The van der Waals surface area contributed by atoms with Crippen LogP contribution < -0.4 is 58.2 Å². The third-order valence-electron chi connectivity index (χ3n) is 9.47. The Kier molecular flexibility index (Phi) is 19.2. The third kappa shape index (κ3) is 13.5. The van der Waals surface area contributed by atoms with Crippen LogP contribution in [0, 0.1) is 10.8 Å². The standard InChI is InChI=1S/C39H32OP2.2C5H10O2.C2H8N2.Ru/c1-39(2)33-25-15-27-35(41(29-17-7-3-8-18-29)30-19-9-4-10-20-30)37(33)40-38-34(39)26-16-28-36(38)42(31-21-11-5-12-22-31)32-23-13-6-14-24-32;2*1-5(2,3)4(6)7;3-1-2-4;/h3-28H,1-2H3;2*1-3H3,(H,6,7);1-4H2;/q;;;;+2/p-2. The van der Waals surface area contributed by atoms with Gasteiger partial charge >= 0.3 is 19.5 Å². The first kappa shape index (κ1) is 50.8. The smallest absolute Gasteiger partial charge is 0.550 e. The normalized spacial score (nSPS) is 12.3. The molecule has 0 saturated carbocycles. The number of hydrogen-bond acceptors (Lipinski definition) is 7. The number of carboxylic acid groups (broad SMARTS) is 2. The topological polar surface area (TPSA) is 142 Å². The number of rotatable bonds is 7. The largest absolute Gasteiger partial charge is 2.00 e. The average molecular weight is 942 g/mol. The first-order chi connectivity index (χ1) is 28.4. The van der Waals surface area contributed by atoms with E-state index in [9.17, 15) is 19.8 Å². The van der Waals surface area contributed by atoms with Gasteiger partial charge in [0, 0.05) is 63.0 Å². The number of fused-ring (bicyclic) bond motifs is 2. The molecular weight excluding hydrogens is 884 g/mol. The van der Waals surface area contributed by atoms with Crippen LogP contribution in [0.2, 0.25) is 0 Å². The predicted octanol–water partition coefficient (Wildman–Crippen LogP) is 6.10. The Morgan fingerprint density at radius 1 is 0.492 bits per heavy atom. The van der Waals surface area contributed by atoms with Crippen molar-refractivity contribution in [2.75, 3.05) is 13.1 Å². The molecule has 320 valence electrons. The Hall–Kier alpha value is -4.54. The molecular formula is C51H58N2O5P2Ru. The van der Waals surface area contributed by atoms with E-state index in [-0.39, 0.29) is 24.9 Å². The summed E-state index contributed by atoms with van der Waals surface area (Å²) < 4.78 is 7.26. The fourth-order valence-electron chi connectivity index (χ4n) is 6.01. The maximum Gasteiger partial charge on any atom is 2.00 e. The summed E-state index contributed by atoms with van der Waals surface area (Å²) in [5.41, 5.74) is 10.7. The Bertz CT molecular complexity index is 2040. The van der Waals surface area contributed by atoms with Gasteiger partial charge in [0.25, 0.3) is 0 Å². The van der Waals surface area contributed by atoms with Gasteiger partial charge in [0.2, 0.25) is 0 Å². The summed E-state index contributed by atoms with van der Waals surface area (Å²) in [6, 6.07) is 57.2. The fraction of sp³-hybridized carbons (Fsp3) is 0.255. The van der Waals surface area contributed by atoms with Crippen molar-refractivity contribution < 1.29 is 44.0 Å². The van der Waals surface area contributed by atoms with Crippen LogP contribution in [0.4, 0.5) is 0 Å². The molecule has 1 aliphatic heterocycles. The van der Waals surface area contributed by atoms with Crippen molar-refractivity contribution in [2.45, 2.75) is 60.8 Å². The second kappa shape index (κ2) is 23.1. The summed E-state index contributed by atoms with van der Waals surface area (Å²) in [5, 5.41) is 27.6. The van der Waals surface area contributed by atoms with E-state index in [0.29, 0.717) is 13.1 Å². The molecule has 0 unspecified atom stereocenters. The minimum Gasteiger partial charge on any atom is -0.550 e. The van der Waals surface area contributed by atoms with E-state index in [0.717, 1.165) is 11.5 Å². The molecule has 10 heteroatoms. The van der Waals surface area contributed by atoms with Gasteiger partial charge in [0.1, 0.15) is 11.5 Å². The van der Waals surface area contributed by atoms with Crippen LogP contribution in [0.15, 0.2) is 158 Å². The zero-order valence-corrected chi connectivity index (χ0v) is 39.9. The summed E-state index contributed by atoms with van der Waals surface area (Å²) >= 11 is 0. The van der Waals surface area contributed by atoms with Crippen molar-refractivity contribution in [1.82, 2.24) is 0 Å². The number of carbonyl (C=O) groups is 2. The molecule has 7 rings (SSSR count). The molecule has 1 heterocycles. The molecule has 7 nitrogen and oxygen atoms in total. The number of carboxylic acids is 2. The molecule has 0 aromatic heterocycles. The molecule has 0 fully saturated rings. The summed E-state index contributed by atoms with van der Waals surface area (Å²) in [6.07, 6.45) is 0. The number of benzene rings is 6. The number of aliphatic carboxylic acids is 2. The van der Waals surface area contributed by atoms with Crippen LogP contribution in [0.3, 0.4) is 0 Å². The zero-order valence-electron chi connectivity index (χ0n) is 36.4. The first-order valence-electron chi connectivity index (χ1n) is 20.0. The van der Waals surface area contributed by atoms with Crippen molar-refractivity contribution in [3.63, 3.8) is 0 Å². The molecule has 1 aliphatic rings. The number of ether oxygens (including phenoxy) is 1. The van der Waals surface area contributed by atoms with E-state index in [4.69, 9.17) is 16.2 Å². The van der Waals surface area contributed by atoms with Crippen LogP contribution >= 0.6 is 15.8 Å². The van der Waals surface area contributed by atoms with Gasteiger partial charge in [0.05, 0.1) is 0 Å². The molecule has 4 N–H and O–H groups in total. The van der Waals surface area contributed by atoms with E-state index >= 15 is 0 Å². The minimum atomic E-state index is -1.01. The Balaban J connectivity index is 0.000000441. The number of nitrogens with two attached hydrogens (primary N) is 2. The van der Waals surface area contributed by atoms with Gasteiger partial charge in [-0.2, -0.15) is 0 Å². The molecule has 0 amide bonds. The molecule has 6 aromatic carbocycles. The second-order valence-corrected chi connectivity index (χ2v) is 21.1. The minimum absolute atomic E-state index is 0. The molecule has 0 spiro atoms.